The Morgan fingerprint density at radius 3 is 2.27 bits per heavy atom. The molecule has 0 aromatic heterocycles. The van der Waals surface area contributed by atoms with Crippen LogP contribution in [0.5, 0.6) is 11.5 Å². The summed E-state index contributed by atoms with van der Waals surface area (Å²) in [6.45, 7) is 1.52. The van der Waals surface area contributed by atoms with Gasteiger partial charge >= 0.3 is 11.9 Å². The van der Waals surface area contributed by atoms with Gasteiger partial charge in [-0.05, 0) is 36.8 Å². The molecular formula is C34H44O18. The number of carbonyl (C=O) groups is 2. The number of hydrogen-bond acceptors (Lipinski definition) is 18. The molecule has 6 rings (SSSR count). The van der Waals surface area contributed by atoms with Gasteiger partial charge in [0.2, 0.25) is 6.29 Å². The monoisotopic (exact) mass is 740 g/mol. The zero-order valence-electron chi connectivity index (χ0n) is 28.7. The lowest BCUT2D eigenvalue weighted by Crippen LogP contribution is -2.61. The van der Waals surface area contributed by atoms with Gasteiger partial charge in [0.15, 0.2) is 36.3 Å². The van der Waals surface area contributed by atoms with Gasteiger partial charge in [-0.1, -0.05) is 6.07 Å². The maximum Gasteiger partial charge on any atom is 0.331 e. The molecule has 1 aromatic rings. The molecule has 18 heteroatoms. The summed E-state index contributed by atoms with van der Waals surface area (Å²) in [5, 5.41) is 62.4. The highest BCUT2D eigenvalue weighted by atomic mass is 16.8. The lowest BCUT2D eigenvalue weighted by molar-refractivity contribution is -0.347. The van der Waals surface area contributed by atoms with E-state index < -0.39 is 122 Å². The maximum atomic E-state index is 12.9. The molecule has 18 nitrogen and oxygen atoms in total. The minimum absolute atomic E-state index is 0.450. The summed E-state index contributed by atoms with van der Waals surface area (Å²) in [7, 11) is 2.98. The van der Waals surface area contributed by atoms with Crippen molar-refractivity contribution in [3.05, 3.63) is 42.2 Å². The molecule has 6 N–H and O–H groups in total. The summed E-state index contributed by atoms with van der Waals surface area (Å²) >= 11 is 0. The topological polar surface area (TPSA) is 251 Å². The van der Waals surface area contributed by atoms with E-state index in [1.54, 1.807) is 31.2 Å². The van der Waals surface area contributed by atoms with Crippen molar-refractivity contribution in [3.8, 4) is 11.5 Å². The minimum Gasteiger partial charge on any atom is -0.493 e. The highest BCUT2D eigenvalue weighted by molar-refractivity contribution is 5.87. The Balaban J connectivity index is 1.15. The van der Waals surface area contributed by atoms with Crippen LogP contribution in [0.25, 0.3) is 6.08 Å². The molecule has 0 radical (unpaired) electrons. The minimum atomic E-state index is -1.71. The lowest BCUT2D eigenvalue weighted by Gasteiger charge is -2.44. The number of epoxide rings is 1. The molecule has 52 heavy (non-hydrogen) atoms. The lowest BCUT2D eigenvalue weighted by atomic mass is 9.85. The van der Waals surface area contributed by atoms with Crippen LogP contribution in [-0.4, -0.2) is 156 Å². The Morgan fingerprint density at radius 1 is 0.865 bits per heavy atom. The molecule has 3 saturated heterocycles. The second kappa shape index (κ2) is 15.5. The molecule has 0 spiro atoms. The fourth-order valence-electron chi connectivity index (χ4n) is 7.35. The normalized spacial score (nSPS) is 42.2. The number of fused-ring (bicyclic) bond motifs is 3. The molecule has 0 amide bonds. The first-order chi connectivity index (χ1) is 24.9. The second-order valence-corrected chi connectivity index (χ2v) is 13.1. The Morgan fingerprint density at radius 2 is 1.60 bits per heavy atom. The molecule has 1 aromatic carbocycles. The molecule has 1 saturated carbocycles. The molecule has 5 aliphatic rings. The Kier molecular flexibility index (Phi) is 11.4. The Labute approximate surface area is 297 Å². The zero-order chi connectivity index (χ0) is 37.5. The third kappa shape index (κ3) is 7.13. The van der Waals surface area contributed by atoms with E-state index in [0.29, 0.717) is 17.1 Å². The first-order valence-electron chi connectivity index (χ1n) is 16.7. The zero-order valence-corrected chi connectivity index (χ0v) is 28.7. The van der Waals surface area contributed by atoms with Crippen molar-refractivity contribution < 1.29 is 87.6 Å². The number of carbonyl (C=O) groups excluding carboxylic acids is 2. The van der Waals surface area contributed by atoms with Gasteiger partial charge in [0.05, 0.1) is 51.8 Å². The van der Waals surface area contributed by atoms with Crippen molar-refractivity contribution in [2.45, 2.75) is 99.4 Å². The number of benzene rings is 1. The maximum absolute atomic E-state index is 12.9. The molecule has 16 atom stereocenters. The van der Waals surface area contributed by atoms with Crippen LogP contribution in [0.3, 0.4) is 0 Å². The number of ether oxygens (including phenoxy) is 10. The Hall–Kier alpha value is -3.40. The van der Waals surface area contributed by atoms with Gasteiger partial charge in [0.25, 0.3) is 0 Å². The van der Waals surface area contributed by atoms with E-state index in [1.165, 1.54) is 26.6 Å². The SMILES string of the molecule is COc1ccc(/C=C\C(=O)O[C@@H]2[C@@H](OC(C)=O)[C@@H](O)[C@H](O[C@H]3[C@@H]4C=CO[C@@H](O[C@@H]5O[C@H](CO)[C@@H](O)[C@H](O)[C@H]5O)[C@@H]4[C@@]4(CO)O[C@@H]34)O[C@H]2C)cc1OC. The predicted octanol–water partition coefficient (Wildman–Crippen LogP) is -1.89. The first-order valence-corrected chi connectivity index (χ1v) is 16.7. The van der Waals surface area contributed by atoms with Crippen LogP contribution in [0, 0.1) is 11.8 Å². The summed E-state index contributed by atoms with van der Waals surface area (Å²) in [6.07, 6.45) is -11.7. The molecular weight excluding hydrogens is 696 g/mol. The van der Waals surface area contributed by atoms with Gasteiger partial charge in [0.1, 0.15) is 42.2 Å². The predicted molar refractivity (Wildman–Crippen MR) is 170 cm³/mol. The second-order valence-electron chi connectivity index (χ2n) is 13.1. The highest BCUT2D eigenvalue weighted by Gasteiger charge is 2.77. The molecule has 4 fully saturated rings. The van der Waals surface area contributed by atoms with Crippen LogP contribution in [0.4, 0.5) is 0 Å². The van der Waals surface area contributed by atoms with Crippen LogP contribution in [0.2, 0.25) is 0 Å². The van der Waals surface area contributed by atoms with Gasteiger partial charge < -0.3 is 78.0 Å². The van der Waals surface area contributed by atoms with E-state index >= 15 is 0 Å². The van der Waals surface area contributed by atoms with Crippen LogP contribution < -0.4 is 9.47 Å². The van der Waals surface area contributed by atoms with E-state index in [4.69, 9.17) is 47.4 Å². The van der Waals surface area contributed by atoms with E-state index in [1.807, 2.05) is 0 Å². The number of rotatable bonds is 12. The molecule has 1 aliphatic carbocycles. The van der Waals surface area contributed by atoms with E-state index in [0.717, 1.165) is 13.0 Å². The molecule has 0 unspecified atom stereocenters. The summed E-state index contributed by atoms with van der Waals surface area (Å²) < 4.78 is 56.9. The van der Waals surface area contributed by atoms with Gasteiger partial charge in [-0.25, -0.2) is 4.79 Å². The van der Waals surface area contributed by atoms with Gasteiger partial charge in [-0.15, -0.1) is 0 Å². The quantitative estimate of drug-likeness (QED) is 0.0779. The number of hydrogen-bond donors (Lipinski definition) is 6. The van der Waals surface area contributed by atoms with Gasteiger partial charge in [-0.2, -0.15) is 0 Å². The molecule has 0 bridgehead atoms. The average Bonchev–Trinajstić information content (AvgIpc) is 3.81. The van der Waals surface area contributed by atoms with Crippen molar-refractivity contribution >= 4 is 18.0 Å². The third-order valence-corrected chi connectivity index (χ3v) is 10.0. The van der Waals surface area contributed by atoms with Crippen LogP contribution in [-0.2, 0) is 47.5 Å². The Bertz CT molecular complexity index is 1500. The summed E-state index contributed by atoms with van der Waals surface area (Å²) in [5.41, 5.74) is -0.649. The highest BCUT2D eigenvalue weighted by Crippen LogP contribution is 2.61. The molecule has 288 valence electrons. The third-order valence-electron chi connectivity index (χ3n) is 10.0. The standard InChI is InChI=1S/C34H44O18/c1-14-27(49-21(38)8-6-16-5-7-18(43-3)19(11-16)44-4)29(47-15(2)37)26(42)33(46-14)50-28-17-9-10-45-31(22(17)34(13-36)30(28)52-34)51-32-25(41)24(40)23(39)20(12-35)48-32/h5-11,14,17,20,22-33,35-36,39-42H,12-13H2,1-4H3/b8-6-/t14-,17+,20+,22+,23+,24-,25+,26+,27-,28-,29-,30-,31-,32-,33-,34+/m0/s1. The van der Waals surface area contributed by atoms with Crippen LogP contribution in [0.15, 0.2) is 36.6 Å². The van der Waals surface area contributed by atoms with Crippen LogP contribution >= 0.6 is 0 Å². The van der Waals surface area contributed by atoms with Crippen molar-refractivity contribution in [1.29, 1.82) is 0 Å². The van der Waals surface area contributed by atoms with Crippen molar-refractivity contribution in [2.75, 3.05) is 27.4 Å². The summed E-state index contributed by atoms with van der Waals surface area (Å²) in [4.78, 5) is 25.1. The van der Waals surface area contributed by atoms with Crippen molar-refractivity contribution in [2.24, 2.45) is 11.8 Å². The van der Waals surface area contributed by atoms with E-state index in [-0.39, 0.29) is 0 Å². The summed E-state index contributed by atoms with van der Waals surface area (Å²) in [5.74, 6) is -1.99. The van der Waals surface area contributed by atoms with E-state index in [2.05, 4.69) is 0 Å². The fraction of sp³-hybridized carbons (Fsp3) is 0.647. The van der Waals surface area contributed by atoms with Crippen molar-refractivity contribution in [3.63, 3.8) is 0 Å². The molecule has 4 aliphatic heterocycles. The summed E-state index contributed by atoms with van der Waals surface area (Å²) in [6, 6.07) is 5.02. The average molecular weight is 741 g/mol. The number of aliphatic hydroxyl groups excluding tert-OH is 6. The van der Waals surface area contributed by atoms with Gasteiger partial charge in [-0.3, -0.25) is 4.79 Å². The van der Waals surface area contributed by atoms with Gasteiger partial charge in [0, 0.05) is 18.9 Å². The van der Waals surface area contributed by atoms with Crippen molar-refractivity contribution in [1.82, 2.24) is 0 Å². The fourth-order valence-corrected chi connectivity index (χ4v) is 7.35. The molecule has 4 heterocycles. The smallest absolute Gasteiger partial charge is 0.331 e. The van der Waals surface area contributed by atoms with E-state index in [9.17, 15) is 40.2 Å². The largest absolute Gasteiger partial charge is 0.493 e. The number of methoxy groups -OCH3 is 2. The number of esters is 2. The first kappa shape index (κ1) is 38.3. The van der Waals surface area contributed by atoms with Crippen LogP contribution in [0.1, 0.15) is 19.4 Å². The number of aliphatic hydroxyl groups is 6.